The van der Waals surface area contributed by atoms with Crippen molar-refractivity contribution in [3.05, 3.63) is 65.2 Å². The van der Waals surface area contributed by atoms with Crippen molar-refractivity contribution in [1.82, 2.24) is 5.32 Å². The summed E-state index contributed by atoms with van der Waals surface area (Å²) < 4.78 is 10.7. The van der Waals surface area contributed by atoms with Gasteiger partial charge in [-0.2, -0.15) is 0 Å². The van der Waals surface area contributed by atoms with Gasteiger partial charge in [0.15, 0.2) is 6.61 Å². The molecule has 0 bridgehead atoms. The topological polar surface area (TPSA) is 47.6 Å². The van der Waals surface area contributed by atoms with Gasteiger partial charge in [0.05, 0.1) is 6.61 Å². The molecule has 0 saturated heterocycles. The van der Waals surface area contributed by atoms with Crippen LogP contribution >= 0.6 is 0 Å². The standard InChI is InChI=1S/C20H25NO3/c1-15(2)16-8-10-19(11-9-16)24-14-20(22)21-12-17-6-4-5-7-18(17)13-23-3/h4-11,15H,12-14H2,1-3H3,(H,21,22). The van der Waals surface area contributed by atoms with Crippen LogP contribution in [0.4, 0.5) is 0 Å². The lowest BCUT2D eigenvalue weighted by molar-refractivity contribution is -0.123. The van der Waals surface area contributed by atoms with Gasteiger partial charge < -0.3 is 14.8 Å². The Labute approximate surface area is 143 Å². The third-order valence-corrected chi connectivity index (χ3v) is 3.81. The van der Waals surface area contributed by atoms with Crippen molar-refractivity contribution in [2.75, 3.05) is 13.7 Å². The first-order chi connectivity index (χ1) is 11.6. The predicted molar refractivity (Wildman–Crippen MR) is 95.0 cm³/mol. The fraction of sp³-hybridized carbons (Fsp3) is 0.350. The Balaban J connectivity index is 1.81. The number of ether oxygens (including phenoxy) is 2. The molecule has 0 aliphatic rings. The van der Waals surface area contributed by atoms with E-state index in [2.05, 4.69) is 19.2 Å². The van der Waals surface area contributed by atoms with E-state index in [1.165, 1.54) is 5.56 Å². The molecule has 0 unspecified atom stereocenters. The van der Waals surface area contributed by atoms with Crippen molar-refractivity contribution >= 4 is 5.91 Å². The Morgan fingerprint density at radius 3 is 2.33 bits per heavy atom. The van der Waals surface area contributed by atoms with Crippen LogP contribution in [0.15, 0.2) is 48.5 Å². The molecule has 0 aliphatic carbocycles. The average Bonchev–Trinajstić information content (AvgIpc) is 2.60. The quantitative estimate of drug-likeness (QED) is 0.805. The summed E-state index contributed by atoms with van der Waals surface area (Å²) in [4.78, 5) is 12.0. The van der Waals surface area contributed by atoms with Gasteiger partial charge >= 0.3 is 0 Å². The van der Waals surface area contributed by atoms with Crippen LogP contribution in [0.3, 0.4) is 0 Å². The molecule has 0 aliphatic heterocycles. The Hall–Kier alpha value is -2.33. The second-order valence-corrected chi connectivity index (χ2v) is 5.99. The summed E-state index contributed by atoms with van der Waals surface area (Å²) in [6.45, 7) is 5.29. The lowest BCUT2D eigenvalue weighted by Crippen LogP contribution is -2.28. The van der Waals surface area contributed by atoms with E-state index in [1.54, 1.807) is 7.11 Å². The van der Waals surface area contributed by atoms with Crippen LogP contribution in [-0.4, -0.2) is 19.6 Å². The van der Waals surface area contributed by atoms with Crippen LogP contribution in [0.1, 0.15) is 36.5 Å². The smallest absolute Gasteiger partial charge is 0.258 e. The molecular weight excluding hydrogens is 302 g/mol. The Bertz CT molecular complexity index is 650. The van der Waals surface area contributed by atoms with E-state index in [0.717, 1.165) is 11.1 Å². The zero-order valence-corrected chi connectivity index (χ0v) is 14.5. The first-order valence-corrected chi connectivity index (χ1v) is 8.15. The van der Waals surface area contributed by atoms with Crippen molar-refractivity contribution in [3.8, 4) is 5.75 Å². The molecule has 2 aromatic rings. The maximum atomic E-state index is 12.0. The number of benzene rings is 2. The van der Waals surface area contributed by atoms with E-state index in [1.807, 2.05) is 48.5 Å². The summed E-state index contributed by atoms with van der Waals surface area (Å²) in [5.74, 6) is 1.04. The molecule has 2 rings (SSSR count). The van der Waals surface area contributed by atoms with E-state index in [4.69, 9.17) is 9.47 Å². The lowest BCUT2D eigenvalue weighted by atomic mass is 10.0. The molecule has 1 N–H and O–H groups in total. The third-order valence-electron chi connectivity index (χ3n) is 3.81. The minimum absolute atomic E-state index is 0.00741. The van der Waals surface area contributed by atoms with E-state index < -0.39 is 0 Å². The predicted octanol–water partition coefficient (Wildman–Crippen LogP) is 3.65. The lowest BCUT2D eigenvalue weighted by Gasteiger charge is -2.11. The molecule has 0 heterocycles. The van der Waals surface area contributed by atoms with Crippen molar-refractivity contribution < 1.29 is 14.3 Å². The van der Waals surface area contributed by atoms with Gasteiger partial charge in [-0.3, -0.25) is 4.79 Å². The number of hydrogen-bond donors (Lipinski definition) is 1. The van der Waals surface area contributed by atoms with Gasteiger partial charge in [0.2, 0.25) is 0 Å². The molecule has 128 valence electrons. The molecule has 0 aromatic heterocycles. The maximum absolute atomic E-state index is 12.0. The van der Waals surface area contributed by atoms with Crippen molar-refractivity contribution in [3.63, 3.8) is 0 Å². The summed E-state index contributed by atoms with van der Waals surface area (Å²) in [6, 6.07) is 15.7. The number of amides is 1. The molecule has 24 heavy (non-hydrogen) atoms. The first kappa shape index (κ1) is 18.0. The number of methoxy groups -OCH3 is 1. The van der Waals surface area contributed by atoms with Crippen molar-refractivity contribution in [1.29, 1.82) is 0 Å². The summed E-state index contributed by atoms with van der Waals surface area (Å²) >= 11 is 0. The van der Waals surface area contributed by atoms with E-state index in [-0.39, 0.29) is 12.5 Å². The fourth-order valence-electron chi connectivity index (χ4n) is 2.37. The van der Waals surface area contributed by atoms with Crippen LogP contribution in [0.5, 0.6) is 5.75 Å². The number of rotatable bonds is 8. The minimum atomic E-state index is -0.143. The first-order valence-electron chi connectivity index (χ1n) is 8.15. The molecule has 4 heteroatoms. The Morgan fingerprint density at radius 2 is 1.71 bits per heavy atom. The largest absolute Gasteiger partial charge is 0.484 e. The highest BCUT2D eigenvalue weighted by Gasteiger charge is 2.06. The van der Waals surface area contributed by atoms with Gasteiger partial charge in [0, 0.05) is 13.7 Å². The molecule has 1 amide bonds. The fourth-order valence-corrected chi connectivity index (χ4v) is 2.37. The summed E-state index contributed by atoms with van der Waals surface area (Å²) in [5, 5.41) is 2.88. The van der Waals surface area contributed by atoms with Gasteiger partial charge in [-0.05, 0) is 34.7 Å². The number of hydrogen-bond acceptors (Lipinski definition) is 3. The monoisotopic (exact) mass is 327 g/mol. The van der Waals surface area contributed by atoms with Crippen LogP contribution in [0, 0.1) is 0 Å². The molecule has 0 radical (unpaired) electrons. The number of carbonyl (C=O) groups excluding carboxylic acids is 1. The van der Waals surface area contributed by atoms with E-state index in [9.17, 15) is 4.79 Å². The zero-order valence-electron chi connectivity index (χ0n) is 14.5. The van der Waals surface area contributed by atoms with Gasteiger partial charge in [0.25, 0.3) is 5.91 Å². The Morgan fingerprint density at radius 1 is 1.04 bits per heavy atom. The molecule has 0 fully saturated rings. The molecule has 0 atom stereocenters. The van der Waals surface area contributed by atoms with Gasteiger partial charge in [-0.25, -0.2) is 0 Å². The van der Waals surface area contributed by atoms with Crippen LogP contribution in [0.25, 0.3) is 0 Å². The average molecular weight is 327 g/mol. The maximum Gasteiger partial charge on any atom is 0.258 e. The SMILES string of the molecule is COCc1ccccc1CNC(=O)COc1ccc(C(C)C)cc1. The normalized spacial score (nSPS) is 10.7. The zero-order chi connectivity index (χ0) is 17.4. The van der Waals surface area contributed by atoms with Crippen LogP contribution in [0.2, 0.25) is 0 Å². The third kappa shape index (κ3) is 5.39. The van der Waals surface area contributed by atoms with E-state index in [0.29, 0.717) is 24.8 Å². The number of carbonyl (C=O) groups is 1. The number of nitrogens with one attached hydrogen (secondary N) is 1. The molecular formula is C20H25NO3. The molecule has 0 saturated carbocycles. The molecule has 4 nitrogen and oxygen atoms in total. The van der Waals surface area contributed by atoms with Crippen molar-refractivity contribution in [2.24, 2.45) is 0 Å². The second-order valence-electron chi connectivity index (χ2n) is 5.99. The molecule has 0 spiro atoms. The highest BCUT2D eigenvalue weighted by molar-refractivity contribution is 5.77. The van der Waals surface area contributed by atoms with Gasteiger partial charge in [0.1, 0.15) is 5.75 Å². The van der Waals surface area contributed by atoms with Crippen molar-refractivity contribution in [2.45, 2.75) is 32.9 Å². The van der Waals surface area contributed by atoms with Crippen LogP contribution in [-0.2, 0) is 22.7 Å². The summed E-state index contributed by atoms with van der Waals surface area (Å²) in [6.07, 6.45) is 0. The van der Waals surface area contributed by atoms with E-state index >= 15 is 0 Å². The van der Waals surface area contributed by atoms with Crippen LogP contribution < -0.4 is 10.1 Å². The van der Waals surface area contributed by atoms with Gasteiger partial charge in [-0.1, -0.05) is 50.2 Å². The van der Waals surface area contributed by atoms with Gasteiger partial charge in [-0.15, -0.1) is 0 Å². The highest BCUT2D eigenvalue weighted by atomic mass is 16.5. The Kier molecular flexibility index (Phi) is 6.82. The second kappa shape index (κ2) is 9.08. The minimum Gasteiger partial charge on any atom is -0.484 e. The summed E-state index contributed by atoms with van der Waals surface area (Å²) in [5.41, 5.74) is 3.38. The summed E-state index contributed by atoms with van der Waals surface area (Å²) in [7, 11) is 1.66. The highest BCUT2D eigenvalue weighted by Crippen LogP contribution is 2.18. The molecule has 2 aromatic carbocycles.